The molecule has 94 valence electrons. The summed E-state index contributed by atoms with van der Waals surface area (Å²) < 4.78 is 0. The van der Waals surface area contributed by atoms with Gasteiger partial charge in [0.05, 0.1) is 0 Å². The molecule has 0 aromatic heterocycles. The Morgan fingerprint density at radius 3 is 2.16 bits per heavy atom. The normalized spacial score (nSPS) is 11.3. The average molecular weight is 248 g/mol. The Morgan fingerprint density at radius 1 is 0.789 bits per heavy atom. The number of benzene rings is 2. The highest BCUT2D eigenvalue weighted by Crippen LogP contribution is 2.20. The fraction of sp³-hybridized carbons (Fsp3) is 0.167. The fourth-order valence-corrected chi connectivity index (χ4v) is 2.45. The van der Waals surface area contributed by atoms with Crippen LogP contribution in [-0.2, 0) is 0 Å². The summed E-state index contributed by atoms with van der Waals surface area (Å²) >= 11 is 0. The zero-order chi connectivity index (χ0) is 13.4. The van der Waals surface area contributed by atoms with E-state index in [2.05, 4.69) is 19.9 Å². The van der Waals surface area contributed by atoms with Crippen LogP contribution in [0.5, 0.6) is 0 Å². The second-order valence-electron chi connectivity index (χ2n) is 5.25. The van der Waals surface area contributed by atoms with E-state index in [1.165, 1.54) is 5.56 Å². The lowest BCUT2D eigenvalue weighted by atomic mass is 10.00. The van der Waals surface area contributed by atoms with Gasteiger partial charge in [0.2, 0.25) is 0 Å². The molecule has 0 spiro atoms. The largest absolute Gasteiger partial charge is 0.289 e. The van der Waals surface area contributed by atoms with Crippen molar-refractivity contribution in [2.75, 3.05) is 0 Å². The molecular formula is C18H16O. The minimum Gasteiger partial charge on any atom is -0.289 e. The standard InChI is InChI=1S/C18H16O/c1-12(2)15-10-9-14-8-7-13-5-3-4-6-16(13)18(19)17(14)11-15/h3-12H,1-2H3. The predicted molar refractivity (Wildman–Crippen MR) is 81.8 cm³/mol. The van der Waals surface area contributed by atoms with E-state index in [0.29, 0.717) is 5.92 Å². The van der Waals surface area contributed by atoms with Crippen LogP contribution in [0.1, 0.15) is 25.3 Å². The van der Waals surface area contributed by atoms with Crippen LogP contribution >= 0.6 is 0 Å². The zero-order valence-electron chi connectivity index (χ0n) is 11.2. The first-order chi connectivity index (χ1) is 9.16. The van der Waals surface area contributed by atoms with E-state index in [-0.39, 0.29) is 5.43 Å². The van der Waals surface area contributed by atoms with E-state index < -0.39 is 0 Å². The quantitative estimate of drug-likeness (QED) is 0.620. The van der Waals surface area contributed by atoms with E-state index in [9.17, 15) is 4.79 Å². The molecule has 0 atom stereocenters. The van der Waals surface area contributed by atoms with Gasteiger partial charge in [0, 0.05) is 10.8 Å². The Labute approximate surface area is 112 Å². The van der Waals surface area contributed by atoms with Crippen molar-refractivity contribution < 1.29 is 0 Å². The highest BCUT2D eigenvalue weighted by molar-refractivity contribution is 5.93. The van der Waals surface area contributed by atoms with Gasteiger partial charge in [-0.1, -0.05) is 62.4 Å². The van der Waals surface area contributed by atoms with Crippen LogP contribution in [0, 0.1) is 0 Å². The molecule has 1 heteroatoms. The molecule has 0 aliphatic rings. The van der Waals surface area contributed by atoms with Gasteiger partial charge >= 0.3 is 0 Å². The van der Waals surface area contributed by atoms with Gasteiger partial charge < -0.3 is 0 Å². The van der Waals surface area contributed by atoms with Gasteiger partial charge in [-0.15, -0.1) is 0 Å². The molecule has 0 bridgehead atoms. The van der Waals surface area contributed by atoms with E-state index in [1.54, 1.807) is 0 Å². The molecular weight excluding hydrogens is 232 g/mol. The van der Waals surface area contributed by atoms with Gasteiger partial charge in [0.15, 0.2) is 5.43 Å². The van der Waals surface area contributed by atoms with Crippen LogP contribution in [0.25, 0.3) is 21.5 Å². The third-order valence-electron chi connectivity index (χ3n) is 3.64. The van der Waals surface area contributed by atoms with Gasteiger partial charge in [0.25, 0.3) is 0 Å². The highest BCUT2D eigenvalue weighted by atomic mass is 16.1. The van der Waals surface area contributed by atoms with Crippen LogP contribution < -0.4 is 5.43 Å². The molecule has 0 amide bonds. The molecule has 0 N–H and O–H groups in total. The Hall–Kier alpha value is -2.15. The Morgan fingerprint density at radius 2 is 1.42 bits per heavy atom. The monoisotopic (exact) mass is 248 g/mol. The Bertz CT molecular complexity index is 816. The third kappa shape index (κ3) is 2.01. The molecule has 19 heavy (non-hydrogen) atoms. The van der Waals surface area contributed by atoms with Crippen molar-refractivity contribution in [2.24, 2.45) is 0 Å². The number of rotatable bonds is 1. The van der Waals surface area contributed by atoms with Crippen molar-refractivity contribution in [2.45, 2.75) is 19.8 Å². The van der Waals surface area contributed by atoms with Crippen LogP contribution in [0.15, 0.2) is 59.4 Å². The average Bonchev–Trinajstić information content (AvgIpc) is 2.57. The molecule has 0 aliphatic heterocycles. The molecule has 3 aromatic rings. The van der Waals surface area contributed by atoms with Crippen molar-refractivity contribution in [3.63, 3.8) is 0 Å². The first kappa shape index (κ1) is 11.9. The molecule has 0 saturated heterocycles. The predicted octanol–water partition coefficient (Wildman–Crippen LogP) is 4.48. The summed E-state index contributed by atoms with van der Waals surface area (Å²) in [6, 6.07) is 18.0. The SMILES string of the molecule is CC(C)c1ccc2ccc3ccccc3c(=O)c2c1. The van der Waals surface area contributed by atoms with E-state index in [1.807, 2.05) is 48.5 Å². The highest BCUT2D eigenvalue weighted by Gasteiger charge is 2.05. The van der Waals surface area contributed by atoms with Crippen LogP contribution in [-0.4, -0.2) is 0 Å². The van der Waals surface area contributed by atoms with Crippen molar-refractivity contribution >= 4 is 21.5 Å². The van der Waals surface area contributed by atoms with Gasteiger partial charge in [-0.05, 0) is 28.3 Å². The second kappa shape index (κ2) is 4.51. The summed E-state index contributed by atoms with van der Waals surface area (Å²) in [7, 11) is 0. The van der Waals surface area contributed by atoms with Crippen LogP contribution in [0.4, 0.5) is 0 Å². The summed E-state index contributed by atoms with van der Waals surface area (Å²) in [5.41, 5.74) is 1.33. The second-order valence-corrected chi connectivity index (χ2v) is 5.25. The van der Waals surface area contributed by atoms with E-state index in [4.69, 9.17) is 0 Å². The summed E-state index contributed by atoms with van der Waals surface area (Å²) in [5.74, 6) is 0.431. The molecule has 0 radical (unpaired) electrons. The van der Waals surface area contributed by atoms with Crippen molar-refractivity contribution in [1.82, 2.24) is 0 Å². The maximum Gasteiger partial charge on any atom is 0.194 e. The summed E-state index contributed by atoms with van der Waals surface area (Å²) in [5, 5.41) is 3.60. The Kier molecular flexibility index (Phi) is 2.83. The maximum atomic E-state index is 12.7. The summed E-state index contributed by atoms with van der Waals surface area (Å²) in [6.45, 7) is 4.29. The van der Waals surface area contributed by atoms with Gasteiger partial charge in [-0.25, -0.2) is 0 Å². The molecule has 3 rings (SSSR count). The van der Waals surface area contributed by atoms with Crippen molar-refractivity contribution in [3.05, 3.63) is 70.4 Å². The number of hydrogen-bond acceptors (Lipinski definition) is 1. The van der Waals surface area contributed by atoms with E-state index in [0.717, 1.165) is 21.5 Å². The lowest BCUT2D eigenvalue weighted by Gasteiger charge is -2.04. The summed E-state index contributed by atoms with van der Waals surface area (Å²) in [6.07, 6.45) is 0. The maximum absolute atomic E-state index is 12.7. The molecule has 0 heterocycles. The zero-order valence-corrected chi connectivity index (χ0v) is 11.2. The van der Waals surface area contributed by atoms with Gasteiger partial charge in [-0.2, -0.15) is 0 Å². The molecule has 1 nitrogen and oxygen atoms in total. The van der Waals surface area contributed by atoms with Crippen LogP contribution in [0.2, 0.25) is 0 Å². The molecule has 0 saturated carbocycles. The van der Waals surface area contributed by atoms with E-state index >= 15 is 0 Å². The molecule has 0 unspecified atom stereocenters. The lowest BCUT2D eigenvalue weighted by Crippen LogP contribution is -1.99. The van der Waals surface area contributed by atoms with Crippen molar-refractivity contribution in [3.8, 4) is 0 Å². The minimum atomic E-state index is 0.123. The smallest absolute Gasteiger partial charge is 0.194 e. The number of hydrogen-bond donors (Lipinski definition) is 0. The van der Waals surface area contributed by atoms with Crippen LogP contribution in [0.3, 0.4) is 0 Å². The topological polar surface area (TPSA) is 17.1 Å². The first-order valence-electron chi connectivity index (χ1n) is 6.62. The van der Waals surface area contributed by atoms with Crippen molar-refractivity contribution in [1.29, 1.82) is 0 Å². The first-order valence-corrected chi connectivity index (χ1v) is 6.62. The van der Waals surface area contributed by atoms with Gasteiger partial charge in [-0.3, -0.25) is 4.79 Å². The molecule has 3 aromatic carbocycles. The Balaban J connectivity index is 2.51. The molecule has 0 fully saturated rings. The third-order valence-corrected chi connectivity index (χ3v) is 3.64. The van der Waals surface area contributed by atoms with Gasteiger partial charge in [0.1, 0.15) is 0 Å². The number of fused-ring (bicyclic) bond motifs is 2. The lowest BCUT2D eigenvalue weighted by molar-refractivity contribution is 0.869. The summed E-state index contributed by atoms with van der Waals surface area (Å²) in [4.78, 5) is 12.7. The fourth-order valence-electron chi connectivity index (χ4n) is 2.45. The minimum absolute atomic E-state index is 0.123. The molecule has 0 aliphatic carbocycles.